The molecule has 0 saturated heterocycles. The molecular formula is C8H16ClN. The van der Waals surface area contributed by atoms with Crippen LogP contribution in [0.2, 0.25) is 0 Å². The van der Waals surface area contributed by atoms with Gasteiger partial charge in [0.15, 0.2) is 0 Å². The van der Waals surface area contributed by atoms with Gasteiger partial charge in [-0.15, -0.1) is 0 Å². The van der Waals surface area contributed by atoms with E-state index in [4.69, 9.17) is 11.6 Å². The third-order valence-electron chi connectivity index (χ3n) is 1.25. The molecular weight excluding hydrogens is 146 g/mol. The highest BCUT2D eigenvalue weighted by Crippen LogP contribution is 2.02. The summed E-state index contributed by atoms with van der Waals surface area (Å²) in [5.74, 6) is 0.388. The summed E-state index contributed by atoms with van der Waals surface area (Å²) in [6, 6.07) is 0. The summed E-state index contributed by atoms with van der Waals surface area (Å²) in [5, 5.41) is 0.758. The highest BCUT2D eigenvalue weighted by atomic mass is 35.5. The Morgan fingerprint density at radius 3 is 2.50 bits per heavy atom. The largest absolute Gasteiger partial charge is 0.277 e. The number of halogens is 1. The molecule has 0 aliphatic carbocycles. The van der Waals surface area contributed by atoms with Gasteiger partial charge in [-0.2, -0.15) is 0 Å². The average molecular weight is 162 g/mol. The van der Waals surface area contributed by atoms with Gasteiger partial charge in [-0.05, 0) is 6.42 Å². The van der Waals surface area contributed by atoms with E-state index < -0.39 is 0 Å². The summed E-state index contributed by atoms with van der Waals surface area (Å²) in [6.07, 6.45) is 2.33. The molecule has 0 amide bonds. The first-order valence-corrected chi connectivity index (χ1v) is 4.26. The molecule has 0 spiro atoms. The number of aliphatic imine (C=N–C) groups is 1. The van der Waals surface area contributed by atoms with Crippen LogP contribution >= 0.6 is 11.6 Å². The summed E-state index contributed by atoms with van der Waals surface area (Å²) < 4.78 is 0. The Bertz CT molecular complexity index is 108. The van der Waals surface area contributed by atoms with Gasteiger partial charge >= 0.3 is 0 Å². The van der Waals surface area contributed by atoms with Crippen molar-refractivity contribution in [2.45, 2.75) is 33.6 Å². The van der Waals surface area contributed by atoms with Crippen LogP contribution in [0.15, 0.2) is 4.99 Å². The molecule has 0 unspecified atom stereocenters. The number of hydrogen-bond acceptors (Lipinski definition) is 1. The van der Waals surface area contributed by atoms with Gasteiger partial charge in [0.2, 0.25) is 0 Å². The van der Waals surface area contributed by atoms with Crippen molar-refractivity contribution >= 4 is 16.8 Å². The van der Waals surface area contributed by atoms with Gasteiger partial charge < -0.3 is 0 Å². The molecule has 0 radical (unpaired) electrons. The first-order valence-electron chi connectivity index (χ1n) is 3.88. The van der Waals surface area contributed by atoms with Crippen LogP contribution in [0.5, 0.6) is 0 Å². The Morgan fingerprint density at radius 1 is 1.50 bits per heavy atom. The Balaban J connectivity index is 3.48. The molecule has 60 valence electrons. The highest BCUT2D eigenvalue weighted by Gasteiger charge is 1.98. The van der Waals surface area contributed by atoms with Crippen LogP contribution in [0.25, 0.3) is 0 Å². The van der Waals surface area contributed by atoms with E-state index in [1.54, 1.807) is 0 Å². The van der Waals surface area contributed by atoms with Crippen molar-refractivity contribution in [3.8, 4) is 0 Å². The van der Waals surface area contributed by atoms with Crippen LogP contribution in [-0.2, 0) is 0 Å². The number of unbranched alkanes of at least 4 members (excludes halogenated alkanes) is 1. The van der Waals surface area contributed by atoms with E-state index in [1.807, 2.05) is 0 Å². The van der Waals surface area contributed by atoms with Gasteiger partial charge in [0, 0.05) is 12.5 Å². The monoisotopic (exact) mass is 161 g/mol. The fourth-order valence-electron chi connectivity index (χ4n) is 0.527. The second-order valence-corrected chi connectivity index (χ2v) is 3.10. The third-order valence-corrected chi connectivity index (χ3v) is 1.81. The van der Waals surface area contributed by atoms with E-state index in [0.29, 0.717) is 5.92 Å². The molecule has 0 aromatic heterocycles. The van der Waals surface area contributed by atoms with E-state index in [0.717, 1.165) is 18.1 Å². The quantitative estimate of drug-likeness (QED) is 0.444. The van der Waals surface area contributed by atoms with Gasteiger partial charge in [0.1, 0.15) is 5.17 Å². The first kappa shape index (κ1) is 9.96. The van der Waals surface area contributed by atoms with Gasteiger partial charge in [-0.1, -0.05) is 38.8 Å². The van der Waals surface area contributed by atoms with E-state index in [1.165, 1.54) is 6.42 Å². The predicted octanol–water partition coefficient (Wildman–Crippen LogP) is 3.08. The Kier molecular flexibility index (Phi) is 5.70. The molecule has 10 heavy (non-hydrogen) atoms. The third kappa shape index (κ3) is 4.80. The van der Waals surface area contributed by atoms with Crippen LogP contribution in [0, 0.1) is 5.92 Å². The fraction of sp³-hybridized carbons (Fsp3) is 0.875. The standard InChI is InChI=1S/C8H16ClN/c1-4-5-6-10-8(9)7(2)3/h7H,4-6H2,1-3H3. The maximum absolute atomic E-state index is 5.80. The van der Waals surface area contributed by atoms with Gasteiger partial charge in [0.05, 0.1) is 0 Å². The topological polar surface area (TPSA) is 12.4 Å². The maximum Gasteiger partial charge on any atom is 0.103 e. The molecule has 0 fully saturated rings. The molecule has 0 bridgehead atoms. The van der Waals surface area contributed by atoms with Gasteiger partial charge in [0.25, 0.3) is 0 Å². The van der Waals surface area contributed by atoms with E-state index in [2.05, 4.69) is 25.8 Å². The van der Waals surface area contributed by atoms with Crippen molar-refractivity contribution in [1.29, 1.82) is 0 Å². The van der Waals surface area contributed by atoms with Crippen molar-refractivity contribution in [2.24, 2.45) is 10.9 Å². The lowest BCUT2D eigenvalue weighted by molar-refractivity contribution is 0.796. The predicted molar refractivity (Wildman–Crippen MR) is 47.9 cm³/mol. The second kappa shape index (κ2) is 5.72. The van der Waals surface area contributed by atoms with Crippen LogP contribution in [0.4, 0.5) is 0 Å². The second-order valence-electron chi connectivity index (χ2n) is 2.71. The van der Waals surface area contributed by atoms with E-state index in [9.17, 15) is 0 Å². The Morgan fingerprint density at radius 2 is 2.10 bits per heavy atom. The number of rotatable bonds is 4. The Labute approximate surface area is 68.5 Å². The summed E-state index contributed by atoms with van der Waals surface area (Å²) in [5.41, 5.74) is 0. The SMILES string of the molecule is CCCCN=C(Cl)C(C)C. The number of hydrogen-bond donors (Lipinski definition) is 0. The Hall–Kier alpha value is -0.0400. The van der Waals surface area contributed by atoms with Crippen LogP contribution < -0.4 is 0 Å². The van der Waals surface area contributed by atoms with E-state index in [-0.39, 0.29) is 0 Å². The summed E-state index contributed by atoms with van der Waals surface area (Å²) >= 11 is 5.80. The lowest BCUT2D eigenvalue weighted by Crippen LogP contribution is -1.99. The molecule has 0 N–H and O–H groups in total. The summed E-state index contributed by atoms with van der Waals surface area (Å²) in [7, 11) is 0. The zero-order valence-electron chi connectivity index (χ0n) is 7.02. The normalized spacial score (nSPS) is 12.7. The minimum atomic E-state index is 0.388. The first-order chi connectivity index (χ1) is 4.68. The van der Waals surface area contributed by atoms with Crippen molar-refractivity contribution in [3.05, 3.63) is 0 Å². The highest BCUT2D eigenvalue weighted by molar-refractivity contribution is 6.65. The van der Waals surface area contributed by atoms with Gasteiger partial charge in [-0.3, -0.25) is 4.99 Å². The lowest BCUT2D eigenvalue weighted by Gasteiger charge is -1.99. The molecule has 0 rings (SSSR count). The molecule has 0 aliphatic heterocycles. The van der Waals surface area contributed by atoms with Crippen LogP contribution in [-0.4, -0.2) is 11.7 Å². The molecule has 0 aromatic carbocycles. The average Bonchev–Trinajstić information content (AvgIpc) is 1.88. The molecule has 0 aliphatic rings. The summed E-state index contributed by atoms with van der Waals surface area (Å²) in [6.45, 7) is 7.14. The fourth-order valence-corrected chi connectivity index (χ4v) is 0.611. The lowest BCUT2D eigenvalue weighted by atomic mass is 10.2. The zero-order chi connectivity index (χ0) is 7.98. The maximum atomic E-state index is 5.80. The summed E-state index contributed by atoms with van der Waals surface area (Å²) in [4.78, 5) is 4.20. The smallest absolute Gasteiger partial charge is 0.103 e. The van der Waals surface area contributed by atoms with Crippen molar-refractivity contribution in [2.75, 3.05) is 6.54 Å². The van der Waals surface area contributed by atoms with Crippen molar-refractivity contribution in [1.82, 2.24) is 0 Å². The van der Waals surface area contributed by atoms with Crippen molar-refractivity contribution in [3.63, 3.8) is 0 Å². The molecule has 1 nitrogen and oxygen atoms in total. The minimum absolute atomic E-state index is 0.388. The van der Waals surface area contributed by atoms with Crippen LogP contribution in [0.1, 0.15) is 33.6 Å². The van der Waals surface area contributed by atoms with E-state index >= 15 is 0 Å². The molecule has 0 heterocycles. The molecule has 0 saturated carbocycles. The molecule has 0 aromatic rings. The number of nitrogens with zero attached hydrogens (tertiary/aromatic N) is 1. The zero-order valence-corrected chi connectivity index (χ0v) is 7.78. The van der Waals surface area contributed by atoms with Crippen molar-refractivity contribution < 1.29 is 0 Å². The molecule has 2 heteroatoms. The molecule has 0 atom stereocenters. The minimum Gasteiger partial charge on any atom is -0.277 e. The van der Waals surface area contributed by atoms with Crippen LogP contribution in [0.3, 0.4) is 0 Å². The van der Waals surface area contributed by atoms with Gasteiger partial charge in [-0.25, -0.2) is 0 Å².